The Hall–Kier alpha value is -3.00. The molecule has 0 N–H and O–H groups in total. The molecule has 0 aliphatic carbocycles. The van der Waals surface area contributed by atoms with Gasteiger partial charge >= 0.3 is 0 Å². The van der Waals surface area contributed by atoms with Crippen LogP contribution in [0.1, 0.15) is 16.7 Å². The van der Waals surface area contributed by atoms with Gasteiger partial charge in [-0.1, -0.05) is 63.9 Å². The molecule has 5 nitrogen and oxygen atoms in total. The molecule has 0 unspecified atom stereocenters. The monoisotopic (exact) mass is 580 g/mol. The van der Waals surface area contributed by atoms with E-state index in [0.717, 1.165) is 49.6 Å². The fourth-order valence-electron chi connectivity index (χ4n) is 4.14. The fraction of sp³-hybridized carbons (Fsp3) is 0.143. The quantitative estimate of drug-likeness (QED) is 0.210. The summed E-state index contributed by atoms with van der Waals surface area (Å²) in [5, 5.41) is 1.21. The second-order valence-corrected chi connectivity index (χ2v) is 10.7. The first kappa shape index (κ1) is 24.7. The molecule has 0 saturated carbocycles. The minimum atomic E-state index is -0.316. The number of thioether (sulfide) groups is 1. The number of nitrogens with zero attached hydrogens (tertiary/aromatic N) is 2. The maximum Gasteiger partial charge on any atom is 0.293 e. The zero-order valence-electron chi connectivity index (χ0n) is 19.4. The van der Waals surface area contributed by atoms with Gasteiger partial charge in [-0.3, -0.25) is 14.5 Å². The van der Waals surface area contributed by atoms with Gasteiger partial charge < -0.3 is 9.30 Å². The number of rotatable bonds is 7. The number of aromatic nitrogens is 1. The Kier molecular flexibility index (Phi) is 7.23. The van der Waals surface area contributed by atoms with Crippen LogP contribution in [-0.4, -0.2) is 27.2 Å². The molecule has 4 aromatic rings. The van der Waals surface area contributed by atoms with Gasteiger partial charge in [0, 0.05) is 32.2 Å². The van der Waals surface area contributed by atoms with Crippen molar-refractivity contribution >= 4 is 67.4 Å². The third kappa shape index (κ3) is 5.09. The summed E-state index contributed by atoms with van der Waals surface area (Å²) in [6.07, 6.45) is 3.80. The second-order valence-electron chi connectivity index (χ2n) is 8.41. The molecule has 1 saturated heterocycles. The summed E-state index contributed by atoms with van der Waals surface area (Å²) < 4.78 is 9.05. The van der Waals surface area contributed by atoms with Gasteiger partial charge in [-0.25, -0.2) is 0 Å². The summed E-state index contributed by atoms with van der Waals surface area (Å²) in [4.78, 5) is 27.5. The van der Waals surface area contributed by atoms with E-state index in [1.54, 1.807) is 12.1 Å². The zero-order valence-corrected chi connectivity index (χ0v) is 22.6. The van der Waals surface area contributed by atoms with E-state index in [2.05, 4.69) is 20.5 Å². The van der Waals surface area contributed by atoms with Crippen LogP contribution < -0.4 is 4.74 Å². The molecule has 0 atom stereocenters. The fourth-order valence-corrected chi connectivity index (χ4v) is 5.53. The predicted molar refractivity (Wildman–Crippen MR) is 149 cm³/mol. The molecule has 1 aliphatic heterocycles. The number of carbonyl (C=O) groups excluding carboxylic acids is 2. The molecule has 36 heavy (non-hydrogen) atoms. The summed E-state index contributed by atoms with van der Waals surface area (Å²) >= 11 is 10.8. The highest BCUT2D eigenvalue weighted by atomic mass is 79.9. The molecule has 2 heterocycles. The molecule has 0 radical (unpaired) electrons. The van der Waals surface area contributed by atoms with Crippen molar-refractivity contribution in [2.24, 2.45) is 0 Å². The molecule has 8 heteroatoms. The predicted octanol–water partition coefficient (Wildman–Crippen LogP) is 7.68. The Morgan fingerprint density at radius 2 is 1.83 bits per heavy atom. The summed E-state index contributed by atoms with van der Waals surface area (Å²) in [5.41, 5.74) is 3.71. The molecular formula is C28H22BrClN2O3S. The van der Waals surface area contributed by atoms with Gasteiger partial charge in [0.05, 0.1) is 18.0 Å². The Bertz CT molecular complexity index is 1510. The number of carbonyl (C=O) groups is 2. The Labute approximate surface area is 226 Å². The molecule has 0 bridgehead atoms. The normalized spacial score (nSPS) is 14.9. The van der Waals surface area contributed by atoms with Gasteiger partial charge in [-0.05, 0) is 66.2 Å². The van der Waals surface area contributed by atoms with Crippen LogP contribution in [0.2, 0.25) is 5.02 Å². The number of ether oxygens (including phenoxy) is 1. The number of aryl methyl sites for hydroxylation is 1. The third-order valence-electron chi connectivity index (χ3n) is 6.00. The second kappa shape index (κ2) is 10.5. The molecule has 182 valence electrons. The van der Waals surface area contributed by atoms with Crippen LogP contribution in [0.15, 0.2) is 82.3 Å². The van der Waals surface area contributed by atoms with Gasteiger partial charge in [0.25, 0.3) is 11.1 Å². The Morgan fingerprint density at radius 1 is 1.06 bits per heavy atom. The first-order valence-corrected chi connectivity index (χ1v) is 13.3. The maximum atomic E-state index is 13.1. The van der Waals surface area contributed by atoms with Crippen molar-refractivity contribution in [1.82, 2.24) is 9.47 Å². The largest absolute Gasteiger partial charge is 0.491 e. The number of amides is 2. The van der Waals surface area contributed by atoms with E-state index in [4.69, 9.17) is 16.3 Å². The molecule has 3 aromatic carbocycles. The minimum absolute atomic E-state index is 0.144. The van der Waals surface area contributed by atoms with Gasteiger partial charge in [-0.15, -0.1) is 0 Å². The molecule has 5 rings (SSSR count). The van der Waals surface area contributed by atoms with Crippen molar-refractivity contribution in [2.45, 2.75) is 20.0 Å². The van der Waals surface area contributed by atoms with E-state index in [0.29, 0.717) is 23.1 Å². The Balaban J connectivity index is 1.40. The highest BCUT2D eigenvalue weighted by Crippen LogP contribution is 2.36. The van der Waals surface area contributed by atoms with Crippen molar-refractivity contribution in [3.8, 4) is 5.75 Å². The van der Waals surface area contributed by atoms with Crippen molar-refractivity contribution in [2.75, 3.05) is 6.61 Å². The van der Waals surface area contributed by atoms with E-state index in [1.165, 1.54) is 4.90 Å². The Morgan fingerprint density at radius 3 is 2.64 bits per heavy atom. The van der Waals surface area contributed by atoms with Crippen LogP contribution in [0.3, 0.4) is 0 Å². The number of imide groups is 1. The lowest BCUT2D eigenvalue weighted by Gasteiger charge is -2.13. The van der Waals surface area contributed by atoms with E-state index in [-0.39, 0.29) is 17.7 Å². The third-order valence-corrected chi connectivity index (χ3v) is 7.77. The van der Waals surface area contributed by atoms with Gasteiger partial charge in [0.2, 0.25) is 0 Å². The van der Waals surface area contributed by atoms with Gasteiger partial charge in [-0.2, -0.15) is 0 Å². The molecule has 1 aliphatic rings. The summed E-state index contributed by atoms with van der Waals surface area (Å²) in [6, 6.07) is 21.2. The number of benzene rings is 3. The molecule has 0 spiro atoms. The molecule has 2 amide bonds. The maximum absolute atomic E-state index is 13.1. The lowest BCUT2D eigenvalue weighted by Crippen LogP contribution is -2.27. The van der Waals surface area contributed by atoms with Crippen LogP contribution in [0.25, 0.3) is 17.0 Å². The highest BCUT2D eigenvalue weighted by molar-refractivity contribution is 9.10. The SMILES string of the molecule is Cc1ccccc1OCCn1cc(/C=C2\SC(=O)N(Cc3ccccc3Cl)C2=O)c2cc(Br)ccc21. The van der Waals surface area contributed by atoms with E-state index in [9.17, 15) is 9.59 Å². The van der Waals surface area contributed by atoms with E-state index >= 15 is 0 Å². The van der Waals surface area contributed by atoms with E-state index < -0.39 is 0 Å². The lowest BCUT2D eigenvalue weighted by atomic mass is 10.1. The van der Waals surface area contributed by atoms with Crippen LogP contribution in [0.5, 0.6) is 5.75 Å². The highest BCUT2D eigenvalue weighted by Gasteiger charge is 2.35. The van der Waals surface area contributed by atoms with Crippen LogP contribution in [-0.2, 0) is 17.9 Å². The summed E-state index contributed by atoms with van der Waals surface area (Å²) in [6.45, 7) is 3.30. The van der Waals surface area contributed by atoms with Crippen LogP contribution >= 0.6 is 39.3 Å². The lowest BCUT2D eigenvalue weighted by molar-refractivity contribution is -0.123. The smallest absolute Gasteiger partial charge is 0.293 e. The number of hydrogen-bond donors (Lipinski definition) is 0. The summed E-state index contributed by atoms with van der Waals surface area (Å²) in [7, 11) is 0. The van der Waals surface area contributed by atoms with Crippen molar-refractivity contribution in [1.29, 1.82) is 0 Å². The standard InChI is InChI=1S/C28H22BrClN2O3S/c1-18-6-2-5-9-25(18)35-13-12-31-16-20(22-15-21(29)10-11-24(22)31)14-26-27(33)32(28(34)36-26)17-19-7-3-4-8-23(19)30/h2-11,14-16H,12-13,17H2,1H3/b26-14-. The average Bonchev–Trinajstić information content (AvgIpc) is 3.33. The number of para-hydroxylation sites is 1. The average molecular weight is 582 g/mol. The topological polar surface area (TPSA) is 51.5 Å². The van der Waals surface area contributed by atoms with Crippen molar-refractivity contribution in [3.63, 3.8) is 0 Å². The first-order chi connectivity index (χ1) is 17.4. The number of hydrogen-bond acceptors (Lipinski definition) is 4. The van der Waals surface area contributed by atoms with Crippen molar-refractivity contribution < 1.29 is 14.3 Å². The van der Waals surface area contributed by atoms with Gasteiger partial charge in [0.1, 0.15) is 12.4 Å². The molecular weight excluding hydrogens is 560 g/mol. The molecule has 1 aromatic heterocycles. The number of halogens is 2. The van der Waals surface area contributed by atoms with Gasteiger partial charge in [0.15, 0.2) is 0 Å². The van der Waals surface area contributed by atoms with Crippen LogP contribution in [0.4, 0.5) is 4.79 Å². The zero-order chi connectivity index (χ0) is 25.2. The number of fused-ring (bicyclic) bond motifs is 1. The first-order valence-electron chi connectivity index (χ1n) is 11.4. The minimum Gasteiger partial charge on any atom is -0.491 e. The van der Waals surface area contributed by atoms with Crippen LogP contribution in [0, 0.1) is 6.92 Å². The molecule has 1 fully saturated rings. The van der Waals surface area contributed by atoms with Crippen molar-refractivity contribution in [3.05, 3.63) is 104 Å². The summed E-state index contributed by atoms with van der Waals surface area (Å²) in [5.74, 6) is 0.549. The van der Waals surface area contributed by atoms with E-state index in [1.807, 2.05) is 73.8 Å².